The Morgan fingerprint density at radius 2 is 1.62 bits per heavy atom. The van der Waals surface area contributed by atoms with Crippen molar-refractivity contribution in [3.63, 3.8) is 0 Å². The molecule has 0 fully saturated rings. The molecule has 0 atom stereocenters. The minimum Gasteiger partial charge on any atom is -0.267 e. The zero-order chi connectivity index (χ0) is 15.4. The van der Waals surface area contributed by atoms with Crippen LogP contribution in [-0.4, -0.2) is 11.8 Å². The summed E-state index contributed by atoms with van der Waals surface area (Å²) in [4.78, 5) is 23.7. The first-order chi connectivity index (χ1) is 9.99. The van der Waals surface area contributed by atoms with E-state index in [-0.39, 0.29) is 10.6 Å². The molecule has 0 aromatic heterocycles. The van der Waals surface area contributed by atoms with Gasteiger partial charge in [0.1, 0.15) is 5.82 Å². The van der Waals surface area contributed by atoms with Crippen LogP contribution in [0.2, 0.25) is 5.02 Å². The molecule has 0 spiro atoms. The lowest BCUT2D eigenvalue weighted by Gasteiger charge is -2.09. The molecule has 0 aliphatic carbocycles. The second-order valence-electron chi connectivity index (χ2n) is 4.01. The van der Waals surface area contributed by atoms with E-state index in [1.165, 1.54) is 12.1 Å². The number of halogens is 3. The minimum absolute atomic E-state index is 0.221. The first kappa shape index (κ1) is 15.5. The predicted octanol–water partition coefficient (Wildman–Crippen LogP) is 3.32. The van der Waals surface area contributed by atoms with E-state index in [0.29, 0.717) is 10.0 Å². The molecule has 4 nitrogen and oxygen atoms in total. The van der Waals surface area contributed by atoms with E-state index in [1.807, 2.05) is 0 Å². The largest absolute Gasteiger partial charge is 0.272 e. The lowest BCUT2D eigenvalue weighted by atomic mass is 10.2. The van der Waals surface area contributed by atoms with Gasteiger partial charge in [0.2, 0.25) is 0 Å². The maximum atomic E-state index is 13.5. The van der Waals surface area contributed by atoms with Crippen molar-refractivity contribution >= 4 is 39.3 Å². The van der Waals surface area contributed by atoms with Crippen LogP contribution in [0.3, 0.4) is 0 Å². The van der Waals surface area contributed by atoms with Crippen LogP contribution < -0.4 is 10.9 Å². The van der Waals surface area contributed by atoms with Crippen LogP contribution in [-0.2, 0) is 0 Å². The smallest absolute Gasteiger partial charge is 0.267 e. The Kier molecular flexibility index (Phi) is 4.93. The van der Waals surface area contributed by atoms with Gasteiger partial charge in [0.05, 0.1) is 11.1 Å². The molecule has 7 heteroatoms. The predicted molar refractivity (Wildman–Crippen MR) is 80.5 cm³/mol. The molecular weight excluding hydrogens is 363 g/mol. The third-order valence-corrected chi connectivity index (χ3v) is 3.51. The van der Waals surface area contributed by atoms with Crippen molar-refractivity contribution in [1.82, 2.24) is 10.9 Å². The molecule has 0 saturated carbocycles. The van der Waals surface area contributed by atoms with Crippen LogP contribution in [0, 0.1) is 5.82 Å². The van der Waals surface area contributed by atoms with Gasteiger partial charge in [-0.15, -0.1) is 0 Å². The van der Waals surface area contributed by atoms with Gasteiger partial charge in [0, 0.05) is 9.50 Å². The topological polar surface area (TPSA) is 58.2 Å². The molecule has 0 radical (unpaired) electrons. The van der Waals surface area contributed by atoms with E-state index in [2.05, 4.69) is 26.8 Å². The summed E-state index contributed by atoms with van der Waals surface area (Å²) < 4.78 is 14.1. The lowest BCUT2D eigenvalue weighted by molar-refractivity contribution is 0.0844. The summed E-state index contributed by atoms with van der Waals surface area (Å²) in [5, 5.41) is 0.221. The summed E-state index contributed by atoms with van der Waals surface area (Å²) in [6.45, 7) is 0. The summed E-state index contributed by atoms with van der Waals surface area (Å²) in [5.74, 6) is -2.05. The number of benzene rings is 2. The minimum atomic E-state index is -0.796. The first-order valence-corrected chi connectivity index (χ1v) is 6.96. The molecule has 2 aromatic rings. The lowest BCUT2D eigenvalue weighted by Crippen LogP contribution is -2.42. The Bertz CT molecular complexity index is 709. The molecule has 108 valence electrons. The molecule has 0 unspecified atom stereocenters. The Hall–Kier alpha value is -1.92. The van der Waals surface area contributed by atoms with Crippen molar-refractivity contribution in [3.8, 4) is 0 Å². The third-order valence-electron chi connectivity index (χ3n) is 2.58. The van der Waals surface area contributed by atoms with E-state index >= 15 is 0 Å². The van der Waals surface area contributed by atoms with E-state index in [1.54, 1.807) is 24.3 Å². The monoisotopic (exact) mass is 370 g/mol. The average molecular weight is 372 g/mol. The van der Waals surface area contributed by atoms with Gasteiger partial charge < -0.3 is 0 Å². The van der Waals surface area contributed by atoms with Crippen LogP contribution in [0.1, 0.15) is 20.7 Å². The second-order valence-corrected chi connectivity index (χ2v) is 5.30. The Labute approximate surface area is 133 Å². The Morgan fingerprint density at radius 3 is 2.29 bits per heavy atom. The van der Waals surface area contributed by atoms with Crippen molar-refractivity contribution in [2.24, 2.45) is 0 Å². The molecular formula is C14H9BrClFN2O2. The average Bonchev–Trinajstić information content (AvgIpc) is 2.47. The van der Waals surface area contributed by atoms with Gasteiger partial charge in [0.25, 0.3) is 11.8 Å². The molecule has 2 rings (SSSR count). The molecule has 0 heterocycles. The molecule has 0 bridgehead atoms. The number of rotatable bonds is 2. The van der Waals surface area contributed by atoms with Crippen LogP contribution in [0.5, 0.6) is 0 Å². The van der Waals surface area contributed by atoms with Gasteiger partial charge in [-0.3, -0.25) is 20.4 Å². The number of carbonyl (C=O) groups is 2. The summed E-state index contributed by atoms with van der Waals surface area (Å²) in [7, 11) is 0. The SMILES string of the molecule is O=C(NNC(=O)c1ccccc1Br)c1cc(Cl)ccc1F. The van der Waals surface area contributed by atoms with Crippen molar-refractivity contribution < 1.29 is 14.0 Å². The summed E-state index contributed by atoms with van der Waals surface area (Å²) in [6.07, 6.45) is 0. The highest BCUT2D eigenvalue weighted by molar-refractivity contribution is 9.10. The summed E-state index contributed by atoms with van der Waals surface area (Å²) in [5.41, 5.74) is 4.42. The van der Waals surface area contributed by atoms with Gasteiger partial charge in [-0.2, -0.15) is 0 Å². The molecule has 0 saturated heterocycles. The van der Waals surface area contributed by atoms with Gasteiger partial charge in [-0.25, -0.2) is 4.39 Å². The normalized spacial score (nSPS) is 10.0. The number of amides is 2. The quantitative estimate of drug-likeness (QED) is 0.796. The highest BCUT2D eigenvalue weighted by Crippen LogP contribution is 2.16. The number of hydrogen-bond acceptors (Lipinski definition) is 2. The molecule has 2 aromatic carbocycles. The number of hydrazine groups is 1. The molecule has 2 amide bonds. The maximum absolute atomic E-state index is 13.5. The zero-order valence-corrected chi connectivity index (χ0v) is 12.8. The van der Waals surface area contributed by atoms with E-state index in [0.717, 1.165) is 6.07 Å². The van der Waals surface area contributed by atoms with Crippen LogP contribution in [0.15, 0.2) is 46.9 Å². The van der Waals surface area contributed by atoms with Crippen molar-refractivity contribution in [2.45, 2.75) is 0 Å². The van der Waals surface area contributed by atoms with E-state index in [9.17, 15) is 14.0 Å². The first-order valence-electron chi connectivity index (χ1n) is 5.79. The van der Waals surface area contributed by atoms with Gasteiger partial charge in [-0.05, 0) is 46.3 Å². The van der Waals surface area contributed by atoms with E-state index in [4.69, 9.17) is 11.6 Å². The van der Waals surface area contributed by atoms with Crippen molar-refractivity contribution in [1.29, 1.82) is 0 Å². The highest BCUT2D eigenvalue weighted by Gasteiger charge is 2.14. The van der Waals surface area contributed by atoms with Gasteiger partial charge >= 0.3 is 0 Å². The fraction of sp³-hybridized carbons (Fsp3) is 0. The fourth-order valence-electron chi connectivity index (χ4n) is 1.57. The van der Waals surface area contributed by atoms with Crippen LogP contribution >= 0.6 is 27.5 Å². The fourth-order valence-corrected chi connectivity index (χ4v) is 2.20. The molecule has 21 heavy (non-hydrogen) atoms. The Balaban J connectivity index is 2.06. The maximum Gasteiger partial charge on any atom is 0.272 e. The number of carbonyl (C=O) groups excluding carboxylic acids is 2. The molecule has 0 aliphatic heterocycles. The highest BCUT2D eigenvalue weighted by atomic mass is 79.9. The second kappa shape index (κ2) is 6.69. The summed E-state index contributed by atoms with van der Waals surface area (Å²) >= 11 is 8.92. The van der Waals surface area contributed by atoms with Crippen molar-refractivity contribution in [2.75, 3.05) is 0 Å². The summed E-state index contributed by atoms with van der Waals surface area (Å²) in [6, 6.07) is 10.3. The van der Waals surface area contributed by atoms with Gasteiger partial charge in [0.15, 0.2) is 0 Å². The molecule has 0 aliphatic rings. The number of hydrogen-bond donors (Lipinski definition) is 2. The van der Waals surface area contributed by atoms with Gasteiger partial charge in [-0.1, -0.05) is 23.7 Å². The standard InChI is InChI=1S/C14H9BrClFN2O2/c15-11-4-2-1-3-9(11)13(20)18-19-14(21)10-7-8(16)5-6-12(10)17/h1-7H,(H,18,20)(H,19,21). The van der Waals surface area contributed by atoms with Crippen molar-refractivity contribution in [3.05, 3.63) is 68.9 Å². The number of nitrogens with one attached hydrogen (secondary N) is 2. The third kappa shape index (κ3) is 3.80. The van der Waals surface area contributed by atoms with E-state index < -0.39 is 17.6 Å². The zero-order valence-electron chi connectivity index (χ0n) is 10.5. The Morgan fingerprint density at radius 1 is 1.00 bits per heavy atom. The van der Waals surface area contributed by atoms with Crippen LogP contribution in [0.4, 0.5) is 4.39 Å². The van der Waals surface area contributed by atoms with Crippen LogP contribution in [0.25, 0.3) is 0 Å². The molecule has 2 N–H and O–H groups in total.